The minimum atomic E-state index is -0.0917. The third-order valence-corrected chi connectivity index (χ3v) is 6.74. The summed E-state index contributed by atoms with van der Waals surface area (Å²) in [4.78, 5) is 19.6. The average molecular weight is 388 g/mol. The van der Waals surface area contributed by atoms with Crippen molar-refractivity contribution in [2.45, 2.75) is 18.8 Å². The molecule has 1 aliphatic rings. The van der Waals surface area contributed by atoms with E-state index in [1.165, 1.54) is 9.71 Å². The number of para-hydroxylation sites is 1. The van der Waals surface area contributed by atoms with E-state index in [4.69, 9.17) is 4.98 Å². The molecule has 0 aliphatic carbocycles. The van der Waals surface area contributed by atoms with E-state index in [9.17, 15) is 9.90 Å². The number of piperidine rings is 1. The van der Waals surface area contributed by atoms with Crippen molar-refractivity contribution in [2.75, 3.05) is 13.1 Å². The zero-order valence-electron chi connectivity index (χ0n) is 15.3. The Labute approximate surface area is 167 Å². The Hall–Kier alpha value is -2.92. The van der Waals surface area contributed by atoms with Crippen molar-refractivity contribution >= 4 is 38.2 Å². The van der Waals surface area contributed by atoms with Gasteiger partial charge < -0.3 is 10.0 Å². The Bertz CT molecular complexity index is 1140. The quantitative estimate of drug-likeness (QED) is 0.515. The topological polar surface area (TPSA) is 53.4 Å². The maximum atomic E-state index is 13.0. The first-order valence-corrected chi connectivity index (χ1v) is 10.4. The van der Waals surface area contributed by atoms with Crippen molar-refractivity contribution in [1.82, 2.24) is 9.88 Å². The fraction of sp³-hybridized carbons (Fsp3) is 0.217. The largest absolute Gasteiger partial charge is 0.507 e. The van der Waals surface area contributed by atoms with Gasteiger partial charge in [-0.15, -0.1) is 11.3 Å². The number of hydrogen-bond acceptors (Lipinski definition) is 4. The maximum absolute atomic E-state index is 13.0. The second-order valence-electron chi connectivity index (χ2n) is 7.30. The van der Waals surface area contributed by atoms with E-state index in [2.05, 4.69) is 12.1 Å². The molecule has 5 rings (SSSR count). The summed E-state index contributed by atoms with van der Waals surface area (Å²) in [5.74, 6) is 0.356. The van der Waals surface area contributed by atoms with Gasteiger partial charge in [0, 0.05) is 19.0 Å². The molecule has 0 spiro atoms. The molecule has 3 aromatic carbocycles. The second kappa shape index (κ2) is 6.91. The molecule has 0 atom stereocenters. The van der Waals surface area contributed by atoms with Gasteiger partial charge >= 0.3 is 0 Å². The molecule has 0 saturated carbocycles. The molecule has 1 aliphatic heterocycles. The van der Waals surface area contributed by atoms with Crippen molar-refractivity contribution in [3.05, 3.63) is 71.2 Å². The van der Waals surface area contributed by atoms with Crippen LogP contribution >= 0.6 is 11.3 Å². The zero-order chi connectivity index (χ0) is 19.1. The first-order valence-electron chi connectivity index (χ1n) is 9.55. The van der Waals surface area contributed by atoms with E-state index >= 15 is 0 Å². The van der Waals surface area contributed by atoms with Crippen LogP contribution in [0.2, 0.25) is 0 Å². The summed E-state index contributed by atoms with van der Waals surface area (Å²) in [6, 6.07) is 19.5. The van der Waals surface area contributed by atoms with Crippen LogP contribution in [0.5, 0.6) is 5.75 Å². The van der Waals surface area contributed by atoms with Crippen molar-refractivity contribution in [3.8, 4) is 5.75 Å². The Morgan fingerprint density at radius 2 is 1.68 bits per heavy atom. The van der Waals surface area contributed by atoms with Gasteiger partial charge in [0.15, 0.2) is 0 Å². The average Bonchev–Trinajstić information content (AvgIpc) is 3.17. The maximum Gasteiger partial charge on any atom is 0.257 e. The molecule has 1 saturated heterocycles. The molecule has 0 unspecified atom stereocenters. The van der Waals surface area contributed by atoms with E-state index in [1.54, 1.807) is 23.5 Å². The third kappa shape index (κ3) is 3.02. The van der Waals surface area contributed by atoms with Crippen LogP contribution in [-0.4, -0.2) is 34.0 Å². The highest BCUT2D eigenvalue weighted by Crippen LogP contribution is 2.35. The molecule has 5 heteroatoms. The number of thiazole rings is 1. The Balaban J connectivity index is 1.33. The summed E-state index contributed by atoms with van der Waals surface area (Å²) in [6.45, 7) is 1.37. The zero-order valence-corrected chi connectivity index (χ0v) is 16.2. The Morgan fingerprint density at radius 1 is 1.00 bits per heavy atom. The van der Waals surface area contributed by atoms with Crippen LogP contribution in [0.15, 0.2) is 60.7 Å². The Kier molecular flexibility index (Phi) is 4.24. The minimum Gasteiger partial charge on any atom is -0.507 e. The second-order valence-corrected chi connectivity index (χ2v) is 8.37. The molecular weight excluding hydrogens is 368 g/mol. The number of amides is 1. The van der Waals surface area contributed by atoms with Gasteiger partial charge in [0.25, 0.3) is 5.91 Å². The van der Waals surface area contributed by atoms with Crippen LogP contribution in [0.1, 0.15) is 34.1 Å². The number of benzene rings is 3. The van der Waals surface area contributed by atoms with Gasteiger partial charge in [-0.25, -0.2) is 4.98 Å². The van der Waals surface area contributed by atoms with Crippen LogP contribution in [0, 0.1) is 0 Å². The number of phenols is 1. The lowest BCUT2D eigenvalue weighted by Crippen LogP contribution is -2.37. The number of aromatic nitrogens is 1. The van der Waals surface area contributed by atoms with E-state index in [0.717, 1.165) is 29.1 Å². The summed E-state index contributed by atoms with van der Waals surface area (Å²) in [7, 11) is 0. The summed E-state index contributed by atoms with van der Waals surface area (Å²) in [6.07, 6.45) is 1.81. The molecule has 1 N–H and O–H groups in total. The first kappa shape index (κ1) is 17.2. The van der Waals surface area contributed by atoms with E-state index in [1.807, 2.05) is 41.3 Å². The Morgan fingerprint density at radius 3 is 2.43 bits per heavy atom. The highest BCUT2D eigenvalue weighted by Gasteiger charge is 2.27. The van der Waals surface area contributed by atoms with Gasteiger partial charge in [-0.2, -0.15) is 0 Å². The molecule has 0 radical (unpaired) electrons. The summed E-state index contributed by atoms with van der Waals surface area (Å²) >= 11 is 1.76. The minimum absolute atomic E-state index is 0.0528. The molecule has 140 valence electrons. The monoisotopic (exact) mass is 388 g/mol. The SMILES string of the molecule is O=C(c1cc2ccccc2cc1O)N1CCC(c2nc3ccccc3s2)CC1. The molecule has 4 nitrogen and oxygen atoms in total. The number of nitrogens with zero attached hydrogens (tertiary/aromatic N) is 2. The summed E-state index contributed by atoms with van der Waals surface area (Å²) in [5, 5.41) is 13.4. The van der Waals surface area contributed by atoms with Gasteiger partial charge in [0.1, 0.15) is 5.75 Å². The van der Waals surface area contributed by atoms with Crippen LogP contribution in [0.3, 0.4) is 0 Å². The van der Waals surface area contributed by atoms with Crippen LogP contribution < -0.4 is 0 Å². The number of fused-ring (bicyclic) bond motifs is 2. The number of aromatic hydroxyl groups is 1. The summed E-state index contributed by atoms with van der Waals surface area (Å²) in [5.41, 5.74) is 1.44. The third-order valence-electron chi connectivity index (χ3n) is 5.54. The number of carbonyl (C=O) groups excluding carboxylic acids is 1. The predicted molar refractivity (Wildman–Crippen MR) is 113 cm³/mol. The smallest absolute Gasteiger partial charge is 0.257 e. The number of rotatable bonds is 2. The van der Waals surface area contributed by atoms with E-state index in [0.29, 0.717) is 24.6 Å². The van der Waals surface area contributed by atoms with Crippen molar-refractivity contribution < 1.29 is 9.90 Å². The summed E-state index contributed by atoms with van der Waals surface area (Å²) < 4.78 is 1.22. The van der Waals surface area contributed by atoms with Crippen LogP contribution in [0.25, 0.3) is 21.0 Å². The van der Waals surface area contributed by atoms with Crippen molar-refractivity contribution in [1.29, 1.82) is 0 Å². The normalized spacial score (nSPS) is 15.4. The lowest BCUT2D eigenvalue weighted by atomic mass is 9.96. The number of phenolic OH excluding ortho intramolecular Hbond substituents is 1. The molecular formula is C23H20N2O2S. The van der Waals surface area contributed by atoms with Gasteiger partial charge in [-0.1, -0.05) is 36.4 Å². The van der Waals surface area contributed by atoms with Crippen molar-refractivity contribution in [3.63, 3.8) is 0 Å². The molecule has 2 heterocycles. The fourth-order valence-corrected chi connectivity index (χ4v) is 5.10. The molecule has 1 fully saturated rings. The van der Waals surface area contributed by atoms with Crippen molar-refractivity contribution in [2.24, 2.45) is 0 Å². The molecule has 1 aromatic heterocycles. The number of carbonyl (C=O) groups is 1. The molecule has 4 aromatic rings. The van der Waals surface area contributed by atoms with Gasteiger partial charge in [-0.05, 0) is 47.9 Å². The number of hydrogen-bond donors (Lipinski definition) is 1. The van der Waals surface area contributed by atoms with Gasteiger partial charge in [0.2, 0.25) is 0 Å². The highest BCUT2D eigenvalue weighted by molar-refractivity contribution is 7.18. The van der Waals surface area contributed by atoms with E-state index < -0.39 is 0 Å². The predicted octanol–water partition coefficient (Wildman–Crippen LogP) is 5.17. The molecule has 0 bridgehead atoms. The molecule has 1 amide bonds. The van der Waals surface area contributed by atoms with Gasteiger partial charge in [-0.3, -0.25) is 4.79 Å². The lowest BCUT2D eigenvalue weighted by molar-refractivity contribution is 0.0710. The number of likely N-dealkylation sites (tertiary alicyclic amines) is 1. The fourth-order valence-electron chi connectivity index (χ4n) is 3.96. The highest BCUT2D eigenvalue weighted by atomic mass is 32.1. The van der Waals surface area contributed by atoms with Gasteiger partial charge in [0.05, 0.1) is 20.8 Å². The van der Waals surface area contributed by atoms with Crippen LogP contribution in [-0.2, 0) is 0 Å². The van der Waals surface area contributed by atoms with Crippen LogP contribution in [0.4, 0.5) is 0 Å². The molecule has 28 heavy (non-hydrogen) atoms. The standard InChI is InChI=1S/C23H20N2O2S/c26-20-14-17-6-2-1-5-16(17)13-18(20)23(27)25-11-9-15(10-12-25)22-24-19-7-3-4-8-21(19)28-22/h1-8,13-15,26H,9-12H2. The van der Waals surface area contributed by atoms with E-state index in [-0.39, 0.29) is 11.7 Å². The first-order chi connectivity index (χ1) is 13.7. The lowest BCUT2D eigenvalue weighted by Gasteiger charge is -2.31.